The molecule has 1 aromatic carbocycles. The molecule has 2 N–H and O–H groups in total. The van der Waals surface area contributed by atoms with Gasteiger partial charge in [0.1, 0.15) is 11.4 Å². The van der Waals surface area contributed by atoms with Crippen molar-refractivity contribution in [1.29, 1.82) is 0 Å². The van der Waals surface area contributed by atoms with Crippen LogP contribution in [0.1, 0.15) is 38.7 Å². The largest absolute Gasteiger partial charge is 0.444 e. The molecule has 146 valence electrons. The molecule has 7 heteroatoms. The minimum Gasteiger partial charge on any atom is -0.444 e. The van der Waals surface area contributed by atoms with E-state index in [2.05, 4.69) is 10.3 Å². The van der Waals surface area contributed by atoms with Crippen LogP contribution < -0.4 is 5.32 Å². The van der Waals surface area contributed by atoms with Crippen molar-refractivity contribution in [3.05, 3.63) is 35.0 Å². The molecular weight excluding hydrogens is 366 g/mol. The van der Waals surface area contributed by atoms with Crippen molar-refractivity contribution in [2.75, 3.05) is 25.5 Å². The number of aromatic nitrogens is 1. The monoisotopic (exact) mass is 391 g/mol. The Kier molecular flexibility index (Phi) is 5.49. The fourth-order valence-electron chi connectivity index (χ4n) is 3.39. The lowest BCUT2D eigenvalue weighted by atomic mass is 9.86. The molecule has 0 saturated carbocycles. The molecule has 1 amide bonds. The van der Waals surface area contributed by atoms with E-state index in [-0.39, 0.29) is 12.5 Å². The van der Waals surface area contributed by atoms with Crippen molar-refractivity contribution in [2.24, 2.45) is 0 Å². The molecule has 1 saturated heterocycles. The maximum atomic E-state index is 12.3. The highest BCUT2D eigenvalue weighted by atomic mass is 35.5. The van der Waals surface area contributed by atoms with Gasteiger partial charge in [-0.1, -0.05) is 11.6 Å². The number of nitrogens with zero attached hydrogens (tertiary/aromatic N) is 2. The summed E-state index contributed by atoms with van der Waals surface area (Å²) in [4.78, 5) is 18.1. The van der Waals surface area contributed by atoms with E-state index in [1.165, 1.54) is 0 Å². The first-order chi connectivity index (χ1) is 12.7. The molecule has 1 aromatic heterocycles. The van der Waals surface area contributed by atoms with E-state index in [0.717, 1.165) is 22.2 Å². The van der Waals surface area contributed by atoms with Gasteiger partial charge in [-0.25, -0.2) is 9.78 Å². The fraction of sp³-hybridized carbons (Fsp3) is 0.500. The SMILES string of the molecule is CNc1cc2cc(C3CCN(C(=O)OC(C)(C)C)CC3O)c(Cl)cc2cn1. The fourth-order valence-corrected chi connectivity index (χ4v) is 3.70. The van der Waals surface area contributed by atoms with Gasteiger partial charge in [0.25, 0.3) is 0 Å². The number of fused-ring (bicyclic) bond motifs is 1. The van der Waals surface area contributed by atoms with Crippen molar-refractivity contribution in [2.45, 2.75) is 44.8 Å². The molecule has 2 unspecified atom stereocenters. The molecule has 2 aromatic rings. The van der Waals surface area contributed by atoms with Gasteiger partial charge in [0.05, 0.1) is 12.6 Å². The van der Waals surface area contributed by atoms with Gasteiger partial charge in [0, 0.05) is 36.1 Å². The molecular formula is C20H26ClN3O3. The summed E-state index contributed by atoms with van der Waals surface area (Å²) in [5.41, 5.74) is 0.341. The van der Waals surface area contributed by atoms with E-state index in [9.17, 15) is 9.90 Å². The molecule has 2 atom stereocenters. The first-order valence-corrected chi connectivity index (χ1v) is 9.48. The second-order valence-corrected chi connectivity index (χ2v) is 8.34. The lowest BCUT2D eigenvalue weighted by Gasteiger charge is -2.37. The van der Waals surface area contributed by atoms with Crippen molar-refractivity contribution in [3.63, 3.8) is 0 Å². The highest BCUT2D eigenvalue weighted by Gasteiger charge is 2.34. The summed E-state index contributed by atoms with van der Waals surface area (Å²) in [6.45, 7) is 6.24. The number of pyridine rings is 1. The highest BCUT2D eigenvalue weighted by Crippen LogP contribution is 2.36. The van der Waals surface area contributed by atoms with Crippen LogP contribution in [0.2, 0.25) is 5.02 Å². The summed E-state index contributed by atoms with van der Waals surface area (Å²) in [6, 6.07) is 5.85. The smallest absolute Gasteiger partial charge is 0.410 e. The second-order valence-electron chi connectivity index (χ2n) is 7.93. The number of ether oxygens (including phenoxy) is 1. The average Bonchev–Trinajstić information content (AvgIpc) is 2.59. The number of halogens is 1. The van der Waals surface area contributed by atoms with Gasteiger partial charge in [-0.05, 0) is 56.3 Å². The van der Waals surface area contributed by atoms with E-state index in [1.54, 1.807) is 11.1 Å². The van der Waals surface area contributed by atoms with Crippen LogP contribution in [0.4, 0.5) is 10.6 Å². The maximum absolute atomic E-state index is 12.3. The van der Waals surface area contributed by atoms with E-state index in [1.807, 2.05) is 46.0 Å². The molecule has 1 aliphatic heterocycles. The van der Waals surface area contributed by atoms with Crippen molar-refractivity contribution in [1.82, 2.24) is 9.88 Å². The van der Waals surface area contributed by atoms with Gasteiger partial charge in [-0.3, -0.25) is 0 Å². The summed E-state index contributed by atoms with van der Waals surface area (Å²) in [5.74, 6) is 0.642. The number of carbonyl (C=O) groups is 1. The number of piperidine rings is 1. The quantitative estimate of drug-likeness (QED) is 0.808. The summed E-state index contributed by atoms with van der Waals surface area (Å²) >= 11 is 6.50. The van der Waals surface area contributed by atoms with Gasteiger partial charge < -0.3 is 20.1 Å². The van der Waals surface area contributed by atoms with Crippen LogP contribution in [0.3, 0.4) is 0 Å². The summed E-state index contributed by atoms with van der Waals surface area (Å²) in [5, 5.41) is 16.3. The molecule has 1 aliphatic rings. The Labute approximate surface area is 164 Å². The van der Waals surface area contributed by atoms with Crippen LogP contribution in [0.25, 0.3) is 10.8 Å². The third-order valence-corrected chi connectivity index (χ3v) is 5.05. The molecule has 6 nitrogen and oxygen atoms in total. The Morgan fingerprint density at radius 2 is 2.07 bits per heavy atom. The lowest BCUT2D eigenvalue weighted by molar-refractivity contribution is -0.00149. The lowest BCUT2D eigenvalue weighted by Crippen LogP contribution is -2.47. The normalized spacial score (nSPS) is 20.6. The van der Waals surface area contributed by atoms with Gasteiger partial charge in [0.15, 0.2) is 0 Å². The minimum absolute atomic E-state index is 0.133. The zero-order chi connectivity index (χ0) is 19.8. The van der Waals surface area contributed by atoms with Gasteiger partial charge in [0.2, 0.25) is 0 Å². The first kappa shape index (κ1) is 19.7. The standard InChI is InChI=1S/C20H26ClN3O3/c1-20(2,3)27-19(26)24-6-5-14(17(25)11-24)15-7-12-9-18(22-4)23-10-13(12)8-16(15)21/h7-10,14,17,25H,5-6,11H2,1-4H3,(H,22,23). The molecule has 0 spiro atoms. The summed E-state index contributed by atoms with van der Waals surface area (Å²) in [7, 11) is 1.82. The average molecular weight is 392 g/mol. The number of rotatable bonds is 2. The number of nitrogens with one attached hydrogen (secondary N) is 1. The van der Waals surface area contributed by atoms with Crippen LogP contribution in [0.15, 0.2) is 24.4 Å². The van der Waals surface area contributed by atoms with Crippen LogP contribution in [-0.4, -0.2) is 52.9 Å². The third-order valence-electron chi connectivity index (χ3n) is 4.73. The number of amides is 1. The number of β-amino-alcohol motifs (C(OH)–C–C–N with tert-alkyl or cyclic N) is 1. The van der Waals surface area contributed by atoms with Crippen LogP contribution in [-0.2, 0) is 4.74 Å². The van der Waals surface area contributed by atoms with E-state index in [4.69, 9.17) is 16.3 Å². The number of likely N-dealkylation sites (tertiary alicyclic amines) is 1. The Morgan fingerprint density at radius 1 is 1.33 bits per heavy atom. The van der Waals surface area contributed by atoms with Gasteiger partial charge >= 0.3 is 6.09 Å². The molecule has 0 bridgehead atoms. The van der Waals surface area contributed by atoms with Crippen molar-refractivity contribution < 1.29 is 14.6 Å². The Bertz CT molecular complexity index is 850. The molecule has 1 fully saturated rings. The molecule has 2 heterocycles. The number of aliphatic hydroxyl groups excluding tert-OH is 1. The molecule has 27 heavy (non-hydrogen) atoms. The van der Waals surface area contributed by atoms with E-state index >= 15 is 0 Å². The maximum Gasteiger partial charge on any atom is 0.410 e. The predicted molar refractivity (Wildman–Crippen MR) is 107 cm³/mol. The Balaban J connectivity index is 1.81. The number of carbonyl (C=O) groups excluding carboxylic acids is 1. The van der Waals surface area contributed by atoms with E-state index < -0.39 is 17.8 Å². The topological polar surface area (TPSA) is 74.7 Å². The second kappa shape index (κ2) is 7.52. The van der Waals surface area contributed by atoms with E-state index in [0.29, 0.717) is 18.0 Å². The predicted octanol–water partition coefficient (Wildman–Crippen LogP) is 4.02. The number of anilines is 1. The minimum atomic E-state index is -0.702. The molecule has 0 aliphatic carbocycles. The third kappa shape index (κ3) is 4.45. The van der Waals surface area contributed by atoms with Crippen LogP contribution >= 0.6 is 11.6 Å². The van der Waals surface area contributed by atoms with Crippen molar-refractivity contribution >= 4 is 34.3 Å². The molecule has 3 rings (SSSR count). The van der Waals surface area contributed by atoms with Crippen LogP contribution in [0.5, 0.6) is 0 Å². The Morgan fingerprint density at radius 3 is 2.70 bits per heavy atom. The summed E-state index contributed by atoms with van der Waals surface area (Å²) < 4.78 is 5.41. The molecule has 0 radical (unpaired) electrons. The van der Waals surface area contributed by atoms with Crippen molar-refractivity contribution in [3.8, 4) is 0 Å². The highest BCUT2D eigenvalue weighted by molar-refractivity contribution is 6.32. The zero-order valence-corrected chi connectivity index (χ0v) is 16.9. The first-order valence-electron chi connectivity index (χ1n) is 9.11. The Hall–Kier alpha value is -2.05. The van der Waals surface area contributed by atoms with Gasteiger partial charge in [-0.2, -0.15) is 0 Å². The number of benzene rings is 1. The van der Waals surface area contributed by atoms with Crippen LogP contribution in [0, 0.1) is 0 Å². The number of hydrogen-bond donors (Lipinski definition) is 2. The number of aliphatic hydroxyl groups is 1. The summed E-state index contributed by atoms with van der Waals surface area (Å²) in [6.07, 6.45) is 1.30. The zero-order valence-electron chi connectivity index (χ0n) is 16.1. The van der Waals surface area contributed by atoms with Gasteiger partial charge in [-0.15, -0.1) is 0 Å². The number of hydrogen-bond acceptors (Lipinski definition) is 5.